The fourth-order valence-corrected chi connectivity index (χ4v) is 4.32. The lowest BCUT2D eigenvalue weighted by Crippen LogP contribution is -2.19. The number of rotatable bonds is 14. The van der Waals surface area contributed by atoms with E-state index in [2.05, 4.69) is 27.7 Å². The van der Waals surface area contributed by atoms with E-state index in [0.717, 1.165) is 24.0 Å². The topological polar surface area (TPSA) is 43.4 Å². The van der Waals surface area contributed by atoms with E-state index in [9.17, 15) is 9.59 Å². The molecule has 2 unspecified atom stereocenters. The number of Topliss-reactive ketones (excluding diaryl/α,β-unsaturated/α-hetero) is 2. The summed E-state index contributed by atoms with van der Waals surface area (Å²) < 4.78 is 5.72. The lowest BCUT2D eigenvalue weighted by Gasteiger charge is -2.20. The third-order valence-corrected chi connectivity index (χ3v) is 5.77. The van der Waals surface area contributed by atoms with Crippen LogP contribution in [0.15, 0.2) is 60.7 Å². The third-order valence-electron chi connectivity index (χ3n) is 5.77. The Morgan fingerprint density at radius 2 is 1.00 bits per heavy atom. The molecule has 0 spiro atoms. The van der Waals surface area contributed by atoms with Crippen molar-refractivity contribution in [3.8, 4) is 0 Å². The standard InChI is InChI=1S/C28H38O3/c1-21(2)27(23-13-7-5-8-14-23)25(29)17-11-19-31-20-12-18-26(30)28(22(3)4)24-15-9-6-10-16-24/h5-10,13-16,21-22,27-28H,11-12,17-20H2,1-4H3. The van der Waals surface area contributed by atoms with Gasteiger partial charge in [-0.15, -0.1) is 0 Å². The average Bonchev–Trinajstić information content (AvgIpc) is 2.74. The van der Waals surface area contributed by atoms with Crippen LogP contribution in [0.4, 0.5) is 0 Å². The summed E-state index contributed by atoms with van der Waals surface area (Å²) in [5, 5.41) is 0. The molecule has 2 aromatic rings. The van der Waals surface area contributed by atoms with Crippen molar-refractivity contribution >= 4 is 11.6 Å². The van der Waals surface area contributed by atoms with Gasteiger partial charge in [0.2, 0.25) is 0 Å². The Kier molecular flexibility index (Phi) is 10.7. The molecule has 0 bridgehead atoms. The molecule has 0 aromatic heterocycles. The molecule has 2 rings (SSSR count). The molecule has 0 saturated carbocycles. The van der Waals surface area contributed by atoms with Crippen molar-refractivity contribution in [2.75, 3.05) is 13.2 Å². The van der Waals surface area contributed by atoms with Crippen LogP contribution >= 0.6 is 0 Å². The SMILES string of the molecule is CC(C)C(C(=O)CCCOCCCC(=O)C(c1ccccc1)C(C)C)c1ccccc1. The van der Waals surface area contributed by atoms with Gasteiger partial charge in [-0.1, -0.05) is 88.4 Å². The number of ketones is 2. The molecule has 168 valence electrons. The van der Waals surface area contributed by atoms with E-state index in [0.29, 0.717) is 26.1 Å². The van der Waals surface area contributed by atoms with Crippen LogP contribution in [0.5, 0.6) is 0 Å². The van der Waals surface area contributed by atoms with E-state index in [1.54, 1.807) is 0 Å². The zero-order valence-corrected chi connectivity index (χ0v) is 19.6. The maximum Gasteiger partial charge on any atom is 0.140 e. The molecule has 2 aromatic carbocycles. The maximum absolute atomic E-state index is 12.7. The highest BCUT2D eigenvalue weighted by atomic mass is 16.5. The molecule has 0 aliphatic rings. The Balaban J connectivity index is 1.69. The molecule has 0 heterocycles. The van der Waals surface area contributed by atoms with Crippen molar-refractivity contribution in [3.63, 3.8) is 0 Å². The highest BCUT2D eigenvalue weighted by molar-refractivity contribution is 5.86. The minimum absolute atomic E-state index is 0.0511. The average molecular weight is 423 g/mol. The lowest BCUT2D eigenvalue weighted by molar-refractivity contribution is -0.122. The van der Waals surface area contributed by atoms with Gasteiger partial charge in [0, 0.05) is 37.9 Å². The molecule has 0 N–H and O–H groups in total. The van der Waals surface area contributed by atoms with Gasteiger partial charge in [0.1, 0.15) is 11.6 Å². The van der Waals surface area contributed by atoms with Gasteiger partial charge in [-0.05, 0) is 35.8 Å². The van der Waals surface area contributed by atoms with Gasteiger partial charge in [0.25, 0.3) is 0 Å². The Labute approximate surface area is 188 Å². The van der Waals surface area contributed by atoms with E-state index in [4.69, 9.17) is 4.74 Å². The summed E-state index contributed by atoms with van der Waals surface area (Å²) >= 11 is 0. The minimum Gasteiger partial charge on any atom is -0.381 e. The van der Waals surface area contributed by atoms with Gasteiger partial charge in [-0.25, -0.2) is 0 Å². The van der Waals surface area contributed by atoms with Gasteiger partial charge in [-0.2, -0.15) is 0 Å². The van der Waals surface area contributed by atoms with Gasteiger partial charge in [0.15, 0.2) is 0 Å². The monoisotopic (exact) mass is 422 g/mol. The molecule has 3 heteroatoms. The van der Waals surface area contributed by atoms with Crippen LogP contribution in [0.2, 0.25) is 0 Å². The summed E-state index contributed by atoms with van der Waals surface area (Å²) in [6.07, 6.45) is 2.50. The first-order chi connectivity index (χ1) is 14.9. The Morgan fingerprint density at radius 1 is 0.645 bits per heavy atom. The number of ether oxygens (including phenoxy) is 1. The zero-order chi connectivity index (χ0) is 22.6. The molecular weight excluding hydrogens is 384 g/mol. The summed E-state index contributed by atoms with van der Waals surface area (Å²) in [5.74, 6) is 1.01. The summed E-state index contributed by atoms with van der Waals surface area (Å²) in [5.41, 5.74) is 2.19. The number of carbonyl (C=O) groups is 2. The quantitative estimate of drug-likeness (QED) is 0.323. The second kappa shape index (κ2) is 13.2. The second-order valence-electron chi connectivity index (χ2n) is 9.02. The summed E-state index contributed by atoms with van der Waals surface area (Å²) in [6, 6.07) is 20.1. The fourth-order valence-electron chi connectivity index (χ4n) is 4.32. The van der Waals surface area contributed by atoms with Gasteiger partial charge >= 0.3 is 0 Å². The molecule has 31 heavy (non-hydrogen) atoms. The predicted octanol–water partition coefficient (Wildman–Crippen LogP) is 6.58. The van der Waals surface area contributed by atoms with Gasteiger partial charge < -0.3 is 4.74 Å². The Bertz CT molecular complexity index is 713. The minimum atomic E-state index is -0.0511. The van der Waals surface area contributed by atoms with Crippen molar-refractivity contribution in [2.45, 2.75) is 65.2 Å². The van der Waals surface area contributed by atoms with Crippen LogP contribution in [0, 0.1) is 11.8 Å². The summed E-state index contributed by atoms with van der Waals surface area (Å²) in [6.45, 7) is 9.52. The molecule has 2 atom stereocenters. The molecule has 0 aliphatic heterocycles. The number of carbonyl (C=O) groups excluding carboxylic acids is 2. The first-order valence-electron chi connectivity index (χ1n) is 11.6. The van der Waals surface area contributed by atoms with Crippen molar-refractivity contribution in [3.05, 3.63) is 71.8 Å². The van der Waals surface area contributed by atoms with Crippen LogP contribution < -0.4 is 0 Å². The maximum atomic E-state index is 12.7. The second-order valence-corrected chi connectivity index (χ2v) is 9.02. The molecule has 0 amide bonds. The van der Waals surface area contributed by atoms with E-state index < -0.39 is 0 Å². The largest absolute Gasteiger partial charge is 0.381 e. The third kappa shape index (κ3) is 8.06. The fraction of sp³-hybridized carbons (Fsp3) is 0.500. The highest BCUT2D eigenvalue weighted by Gasteiger charge is 2.24. The molecule has 0 saturated heterocycles. The van der Waals surface area contributed by atoms with Crippen LogP contribution in [0.3, 0.4) is 0 Å². The summed E-state index contributed by atoms with van der Waals surface area (Å²) in [7, 11) is 0. The van der Waals surface area contributed by atoms with Crippen LogP contribution in [-0.2, 0) is 14.3 Å². The van der Waals surface area contributed by atoms with Crippen molar-refractivity contribution in [1.29, 1.82) is 0 Å². The number of benzene rings is 2. The van der Waals surface area contributed by atoms with Crippen molar-refractivity contribution < 1.29 is 14.3 Å². The molecular formula is C28H38O3. The first-order valence-corrected chi connectivity index (χ1v) is 11.6. The Morgan fingerprint density at radius 3 is 1.32 bits per heavy atom. The van der Waals surface area contributed by atoms with E-state index in [1.165, 1.54) is 0 Å². The van der Waals surface area contributed by atoms with E-state index in [-0.39, 0.29) is 35.2 Å². The summed E-state index contributed by atoms with van der Waals surface area (Å²) in [4.78, 5) is 25.5. The van der Waals surface area contributed by atoms with E-state index >= 15 is 0 Å². The number of hydrogen-bond donors (Lipinski definition) is 0. The highest BCUT2D eigenvalue weighted by Crippen LogP contribution is 2.28. The lowest BCUT2D eigenvalue weighted by atomic mass is 9.83. The van der Waals surface area contributed by atoms with E-state index in [1.807, 2.05) is 60.7 Å². The molecule has 0 radical (unpaired) electrons. The van der Waals surface area contributed by atoms with Crippen molar-refractivity contribution in [1.82, 2.24) is 0 Å². The molecule has 0 aliphatic carbocycles. The van der Waals surface area contributed by atoms with Gasteiger partial charge in [0.05, 0.1) is 0 Å². The van der Waals surface area contributed by atoms with Crippen LogP contribution in [0.1, 0.15) is 76.3 Å². The normalized spacial score (nSPS) is 13.4. The van der Waals surface area contributed by atoms with Crippen LogP contribution in [-0.4, -0.2) is 24.8 Å². The number of hydrogen-bond acceptors (Lipinski definition) is 3. The predicted molar refractivity (Wildman–Crippen MR) is 127 cm³/mol. The van der Waals surface area contributed by atoms with Crippen molar-refractivity contribution in [2.24, 2.45) is 11.8 Å². The smallest absolute Gasteiger partial charge is 0.140 e. The van der Waals surface area contributed by atoms with Gasteiger partial charge in [-0.3, -0.25) is 9.59 Å². The molecule has 0 fully saturated rings. The Hall–Kier alpha value is -2.26. The molecule has 3 nitrogen and oxygen atoms in total. The van der Waals surface area contributed by atoms with Crippen LogP contribution in [0.25, 0.3) is 0 Å². The first kappa shape index (κ1) is 25.0. The zero-order valence-electron chi connectivity index (χ0n) is 19.6.